The Kier molecular flexibility index (Phi) is 5.18. The van der Waals surface area contributed by atoms with Crippen molar-refractivity contribution >= 4 is 17.9 Å². The Morgan fingerprint density at radius 1 is 1.11 bits per heavy atom. The molecule has 0 aliphatic carbocycles. The van der Waals surface area contributed by atoms with E-state index in [1.807, 2.05) is 0 Å². The van der Waals surface area contributed by atoms with Gasteiger partial charge in [-0.25, -0.2) is 4.79 Å². The number of ether oxygens (including phenoxy) is 1. The second kappa shape index (κ2) is 7.42. The van der Waals surface area contributed by atoms with Crippen LogP contribution in [-0.4, -0.2) is 51.9 Å². The van der Waals surface area contributed by atoms with Crippen LogP contribution < -0.4 is 0 Å². The average Bonchev–Trinajstić information content (AvgIpc) is 2.89. The minimum Gasteiger partial charge on any atom is -0.444 e. The molecule has 0 saturated carbocycles. The molecule has 1 aliphatic rings. The molecule has 1 aromatic heterocycles. The van der Waals surface area contributed by atoms with E-state index >= 15 is 0 Å². The highest BCUT2D eigenvalue weighted by Crippen LogP contribution is 2.28. The van der Waals surface area contributed by atoms with Crippen LogP contribution in [0.2, 0.25) is 0 Å². The van der Waals surface area contributed by atoms with E-state index in [-0.39, 0.29) is 18.4 Å². The fourth-order valence-corrected chi connectivity index (χ4v) is 3.06. The maximum atomic E-state index is 12.7. The van der Waals surface area contributed by atoms with Crippen molar-refractivity contribution < 1.29 is 19.1 Å². The summed E-state index contributed by atoms with van der Waals surface area (Å²) in [6, 6.07) is 9.66. The minimum atomic E-state index is -0.666. The molecule has 146 valence electrons. The van der Waals surface area contributed by atoms with E-state index in [0.717, 1.165) is 0 Å². The van der Waals surface area contributed by atoms with Gasteiger partial charge >= 0.3 is 6.09 Å². The lowest BCUT2D eigenvalue weighted by molar-refractivity contribution is 0.0178. The second-order valence-electron chi connectivity index (χ2n) is 7.66. The fourth-order valence-electron chi connectivity index (χ4n) is 3.06. The number of aromatic nitrogens is 1. The maximum Gasteiger partial charge on any atom is 0.410 e. The first-order valence-corrected chi connectivity index (χ1v) is 9.00. The molecule has 2 aromatic rings. The largest absolute Gasteiger partial charge is 0.444 e. The summed E-state index contributed by atoms with van der Waals surface area (Å²) in [6.07, 6.45) is 2.69. The molecular formula is C21H23N3O4. The Labute approximate surface area is 163 Å². The molecule has 0 radical (unpaired) electrons. The van der Waals surface area contributed by atoms with Crippen molar-refractivity contribution in [1.29, 1.82) is 0 Å². The van der Waals surface area contributed by atoms with E-state index in [9.17, 15) is 14.4 Å². The third kappa shape index (κ3) is 3.88. The van der Waals surface area contributed by atoms with Crippen molar-refractivity contribution in [3.05, 3.63) is 65.5 Å². The average molecular weight is 381 g/mol. The Bertz CT molecular complexity index is 870. The van der Waals surface area contributed by atoms with Gasteiger partial charge in [0.05, 0.1) is 23.7 Å². The van der Waals surface area contributed by atoms with Crippen molar-refractivity contribution in [1.82, 2.24) is 14.8 Å². The van der Waals surface area contributed by atoms with Crippen LogP contribution >= 0.6 is 0 Å². The number of likely N-dealkylation sites (N-methyl/N-ethyl adjacent to an activating group) is 1. The normalized spacial score (nSPS) is 14.6. The van der Waals surface area contributed by atoms with E-state index in [1.165, 1.54) is 9.80 Å². The zero-order chi connectivity index (χ0) is 20.5. The zero-order valence-electron chi connectivity index (χ0n) is 16.4. The Hall–Kier alpha value is -3.22. The van der Waals surface area contributed by atoms with Crippen LogP contribution in [0.4, 0.5) is 4.79 Å². The highest BCUT2D eigenvalue weighted by atomic mass is 16.6. The number of hydrogen-bond acceptors (Lipinski definition) is 5. The van der Waals surface area contributed by atoms with Gasteiger partial charge in [0.15, 0.2) is 0 Å². The smallest absolute Gasteiger partial charge is 0.410 e. The summed E-state index contributed by atoms with van der Waals surface area (Å²) in [5.41, 5.74) is 0.780. The van der Waals surface area contributed by atoms with Gasteiger partial charge in [0.25, 0.3) is 11.8 Å². The quantitative estimate of drug-likeness (QED) is 0.760. The molecule has 28 heavy (non-hydrogen) atoms. The number of fused-ring (bicyclic) bond motifs is 1. The molecule has 1 aromatic carbocycles. The Morgan fingerprint density at radius 3 is 2.21 bits per heavy atom. The number of amides is 3. The molecule has 1 aliphatic heterocycles. The summed E-state index contributed by atoms with van der Waals surface area (Å²) in [7, 11) is 1.59. The van der Waals surface area contributed by atoms with Gasteiger partial charge in [-0.1, -0.05) is 18.2 Å². The number of nitrogens with zero attached hydrogens (tertiary/aromatic N) is 3. The summed E-state index contributed by atoms with van der Waals surface area (Å²) in [6.45, 7) is 5.35. The van der Waals surface area contributed by atoms with Crippen molar-refractivity contribution in [3.63, 3.8) is 0 Å². The van der Waals surface area contributed by atoms with Crippen LogP contribution in [0.25, 0.3) is 0 Å². The molecule has 3 rings (SSSR count). The molecule has 0 spiro atoms. The van der Waals surface area contributed by atoms with Crippen LogP contribution in [0.15, 0.2) is 48.8 Å². The molecule has 7 heteroatoms. The number of benzene rings is 1. The molecule has 7 nitrogen and oxygen atoms in total. The molecule has 2 heterocycles. The molecule has 3 amide bonds. The Balaban J connectivity index is 1.90. The van der Waals surface area contributed by atoms with E-state index in [1.54, 1.807) is 76.6 Å². The van der Waals surface area contributed by atoms with Gasteiger partial charge in [0.1, 0.15) is 5.60 Å². The molecular weight excluding hydrogens is 358 g/mol. The minimum absolute atomic E-state index is 0.00772. The predicted molar refractivity (Wildman–Crippen MR) is 103 cm³/mol. The lowest BCUT2D eigenvalue weighted by Crippen LogP contribution is -2.43. The first kappa shape index (κ1) is 19.5. The van der Waals surface area contributed by atoms with Crippen LogP contribution in [-0.2, 0) is 4.74 Å². The summed E-state index contributed by atoms with van der Waals surface area (Å²) in [5.74, 6) is -0.737. The van der Waals surface area contributed by atoms with Crippen LogP contribution in [0.3, 0.4) is 0 Å². The summed E-state index contributed by atoms with van der Waals surface area (Å²) in [4.78, 5) is 44.8. The number of rotatable bonds is 4. The number of pyridine rings is 1. The van der Waals surface area contributed by atoms with Gasteiger partial charge < -0.3 is 9.64 Å². The van der Waals surface area contributed by atoms with Gasteiger partial charge in [-0.05, 0) is 44.5 Å². The predicted octanol–water partition coefficient (Wildman–Crippen LogP) is 3.29. The number of carbonyl (C=O) groups is 3. The van der Waals surface area contributed by atoms with Gasteiger partial charge in [-0.2, -0.15) is 0 Å². The van der Waals surface area contributed by atoms with Crippen LogP contribution in [0.5, 0.6) is 0 Å². The highest BCUT2D eigenvalue weighted by Gasteiger charge is 2.38. The van der Waals surface area contributed by atoms with Crippen LogP contribution in [0, 0.1) is 0 Å². The summed E-state index contributed by atoms with van der Waals surface area (Å²) < 4.78 is 5.46. The van der Waals surface area contributed by atoms with E-state index in [0.29, 0.717) is 16.7 Å². The second-order valence-corrected chi connectivity index (χ2v) is 7.66. The van der Waals surface area contributed by atoms with Crippen molar-refractivity contribution in [2.45, 2.75) is 32.4 Å². The summed E-state index contributed by atoms with van der Waals surface area (Å²) in [5, 5.41) is 0. The van der Waals surface area contributed by atoms with E-state index in [4.69, 9.17) is 4.74 Å². The molecule has 0 bridgehead atoms. The van der Waals surface area contributed by atoms with E-state index < -0.39 is 17.7 Å². The van der Waals surface area contributed by atoms with Gasteiger partial charge in [-0.3, -0.25) is 19.5 Å². The third-order valence-electron chi connectivity index (χ3n) is 4.45. The number of carbonyl (C=O) groups excluding carboxylic acids is 3. The van der Waals surface area contributed by atoms with Gasteiger partial charge in [-0.15, -0.1) is 0 Å². The number of imide groups is 1. The lowest BCUT2D eigenvalue weighted by atomic mass is 10.1. The molecule has 1 atom stereocenters. The summed E-state index contributed by atoms with van der Waals surface area (Å²) >= 11 is 0. The monoisotopic (exact) mass is 381 g/mol. The molecule has 0 unspecified atom stereocenters. The first-order valence-electron chi connectivity index (χ1n) is 9.00. The Morgan fingerprint density at radius 2 is 1.71 bits per heavy atom. The van der Waals surface area contributed by atoms with Crippen molar-refractivity contribution in [2.75, 3.05) is 13.6 Å². The highest BCUT2D eigenvalue weighted by molar-refractivity contribution is 6.21. The number of hydrogen-bond donors (Lipinski definition) is 0. The molecule has 0 saturated heterocycles. The molecule has 0 N–H and O–H groups in total. The first-order chi connectivity index (χ1) is 13.2. The topological polar surface area (TPSA) is 79.8 Å². The lowest BCUT2D eigenvalue weighted by Gasteiger charge is -2.32. The SMILES string of the molecule is CN(C(=O)OC(C)(C)C)[C@H](CN1C(=O)c2ccccc2C1=O)c1cccnc1. The van der Waals surface area contributed by atoms with Gasteiger partial charge in [0, 0.05) is 19.4 Å². The maximum absolute atomic E-state index is 12.7. The molecule has 0 fully saturated rings. The van der Waals surface area contributed by atoms with Crippen LogP contribution in [0.1, 0.15) is 53.1 Å². The third-order valence-corrected chi connectivity index (χ3v) is 4.45. The van der Waals surface area contributed by atoms with Crippen molar-refractivity contribution in [3.8, 4) is 0 Å². The van der Waals surface area contributed by atoms with E-state index in [2.05, 4.69) is 4.98 Å². The van der Waals surface area contributed by atoms with Crippen molar-refractivity contribution in [2.24, 2.45) is 0 Å². The fraction of sp³-hybridized carbons (Fsp3) is 0.333. The zero-order valence-corrected chi connectivity index (χ0v) is 16.4. The van der Waals surface area contributed by atoms with Gasteiger partial charge in [0.2, 0.25) is 0 Å². The standard InChI is InChI=1S/C21H23N3O4/c1-21(2,3)28-20(27)23(4)17(14-8-7-11-22-12-14)13-24-18(25)15-9-5-6-10-16(15)19(24)26/h5-12,17H,13H2,1-4H3/t17-/m1/s1.